The second kappa shape index (κ2) is 5.58. The van der Waals surface area contributed by atoms with Gasteiger partial charge >= 0.3 is 0 Å². The van der Waals surface area contributed by atoms with Gasteiger partial charge < -0.3 is 15.4 Å². The fourth-order valence-corrected chi connectivity index (χ4v) is 1.98. The first-order valence-corrected chi connectivity index (χ1v) is 5.72. The predicted molar refractivity (Wildman–Crippen MR) is 61.2 cm³/mol. The minimum absolute atomic E-state index is 0.209. The molecule has 0 bridgehead atoms. The third-order valence-electron chi connectivity index (χ3n) is 3.02. The number of hydrogen-bond donors (Lipinski definition) is 2. The van der Waals surface area contributed by atoms with Crippen LogP contribution in [0.15, 0.2) is 12.1 Å². The molecule has 1 unspecified atom stereocenters. The van der Waals surface area contributed by atoms with Crippen LogP contribution in [0.25, 0.3) is 0 Å². The zero-order valence-electron chi connectivity index (χ0n) is 10.2. The first-order chi connectivity index (χ1) is 9.02. The lowest BCUT2D eigenvalue weighted by atomic mass is 10.1. The first kappa shape index (κ1) is 13.8. The highest BCUT2D eigenvalue weighted by molar-refractivity contribution is 5.94. The SMILES string of the molecule is CO[C@H]1CNCC1NC(=O)c1cc(F)c(F)c(F)c1. The lowest BCUT2D eigenvalue weighted by Gasteiger charge is -2.18. The van der Waals surface area contributed by atoms with E-state index in [0.29, 0.717) is 25.2 Å². The number of carbonyl (C=O) groups is 1. The van der Waals surface area contributed by atoms with Crippen LogP contribution >= 0.6 is 0 Å². The maximum absolute atomic E-state index is 13.0. The summed E-state index contributed by atoms with van der Waals surface area (Å²) in [7, 11) is 1.51. The van der Waals surface area contributed by atoms with Crippen LogP contribution < -0.4 is 10.6 Å². The number of hydrogen-bond acceptors (Lipinski definition) is 3. The average Bonchev–Trinajstić information content (AvgIpc) is 2.82. The summed E-state index contributed by atoms with van der Waals surface area (Å²) in [5, 5.41) is 5.60. The third-order valence-corrected chi connectivity index (χ3v) is 3.02. The van der Waals surface area contributed by atoms with Gasteiger partial charge in [-0.05, 0) is 12.1 Å². The molecule has 2 N–H and O–H groups in total. The normalized spacial score (nSPS) is 22.5. The molecule has 1 saturated heterocycles. The van der Waals surface area contributed by atoms with Gasteiger partial charge in [0.25, 0.3) is 5.91 Å². The van der Waals surface area contributed by atoms with E-state index >= 15 is 0 Å². The molecule has 1 amide bonds. The molecule has 1 aromatic carbocycles. The quantitative estimate of drug-likeness (QED) is 0.802. The standard InChI is InChI=1S/C12H13F3N2O2/c1-19-10-5-16-4-9(10)17-12(18)6-2-7(13)11(15)8(14)3-6/h2-3,9-10,16H,4-5H2,1H3,(H,17,18)/t9?,10-/m0/s1. The van der Waals surface area contributed by atoms with Gasteiger partial charge in [-0.15, -0.1) is 0 Å². The van der Waals surface area contributed by atoms with Crippen molar-refractivity contribution in [2.75, 3.05) is 20.2 Å². The molecule has 1 aliphatic heterocycles. The van der Waals surface area contributed by atoms with E-state index in [1.54, 1.807) is 0 Å². The number of carbonyl (C=O) groups excluding carboxylic acids is 1. The molecule has 19 heavy (non-hydrogen) atoms. The minimum Gasteiger partial charge on any atom is -0.378 e. The van der Waals surface area contributed by atoms with Gasteiger partial charge in [0.1, 0.15) is 0 Å². The average molecular weight is 274 g/mol. The second-order valence-corrected chi connectivity index (χ2v) is 4.27. The molecule has 1 aliphatic rings. The van der Waals surface area contributed by atoms with E-state index in [4.69, 9.17) is 4.74 Å². The van der Waals surface area contributed by atoms with Crippen LogP contribution in [0.3, 0.4) is 0 Å². The molecule has 0 aromatic heterocycles. The van der Waals surface area contributed by atoms with E-state index in [0.717, 1.165) is 0 Å². The third kappa shape index (κ3) is 2.87. The maximum atomic E-state index is 13.0. The molecule has 0 spiro atoms. The van der Waals surface area contributed by atoms with Crippen molar-refractivity contribution in [1.29, 1.82) is 0 Å². The van der Waals surface area contributed by atoms with E-state index in [2.05, 4.69) is 10.6 Å². The van der Waals surface area contributed by atoms with Crippen molar-refractivity contribution in [1.82, 2.24) is 10.6 Å². The molecule has 0 radical (unpaired) electrons. The van der Waals surface area contributed by atoms with Crippen molar-refractivity contribution in [2.45, 2.75) is 12.1 Å². The van der Waals surface area contributed by atoms with Gasteiger partial charge in [-0.1, -0.05) is 0 Å². The van der Waals surface area contributed by atoms with E-state index in [1.807, 2.05) is 0 Å². The van der Waals surface area contributed by atoms with Gasteiger partial charge in [0, 0.05) is 25.8 Å². The highest BCUT2D eigenvalue weighted by Gasteiger charge is 2.28. The molecule has 2 atom stereocenters. The van der Waals surface area contributed by atoms with Crippen LogP contribution in [0, 0.1) is 17.5 Å². The highest BCUT2D eigenvalue weighted by Crippen LogP contribution is 2.14. The Morgan fingerprint density at radius 3 is 2.53 bits per heavy atom. The molecule has 1 aromatic rings. The molecule has 0 aliphatic carbocycles. The Morgan fingerprint density at radius 2 is 1.95 bits per heavy atom. The van der Waals surface area contributed by atoms with Gasteiger partial charge in [0.05, 0.1) is 12.1 Å². The van der Waals surface area contributed by atoms with E-state index < -0.39 is 23.4 Å². The smallest absolute Gasteiger partial charge is 0.251 e. The lowest BCUT2D eigenvalue weighted by Crippen LogP contribution is -2.43. The molecule has 1 heterocycles. The topological polar surface area (TPSA) is 50.4 Å². The van der Waals surface area contributed by atoms with E-state index in [9.17, 15) is 18.0 Å². The molecular weight excluding hydrogens is 261 g/mol. The zero-order chi connectivity index (χ0) is 14.0. The summed E-state index contributed by atoms with van der Waals surface area (Å²) in [6.07, 6.45) is -0.209. The number of methoxy groups -OCH3 is 1. The van der Waals surface area contributed by atoms with Gasteiger partial charge in [0.15, 0.2) is 17.5 Å². The molecular formula is C12H13F3N2O2. The number of nitrogens with one attached hydrogen (secondary N) is 2. The Labute approximate surface area is 107 Å². The summed E-state index contributed by atoms with van der Waals surface area (Å²) in [5.74, 6) is -5.04. The van der Waals surface area contributed by atoms with Crippen LogP contribution in [0.5, 0.6) is 0 Å². The lowest BCUT2D eigenvalue weighted by molar-refractivity contribution is 0.0779. The summed E-state index contributed by atoms with van der Waals surface area (Å²) < 4.78 is 44.0. The summed E-state index contributed by atoms with van der Waals surface area (Å²) in [6, 6.07) is 1.03. The Morgan fingerprint density at radius 1 is 1.32 bits per heavy atom. The van der Waals surface area contributed by atoms with Crippen molar-refractivity contribution in [3.8, 4) is 0 Å². The van der Waals surface area contributed by atoms with Crippen molar-refractivity contribution < 1.29 is 22.7 Å². The summed E-state index contributed by atoms with van der Waals surface area (Å²) in [4.78, 5) is 11.8. The fourth-order valence-electron chi connectivity index (χ4n) is 1.98. The van der Waals surface area contributed by atoms with Crippen LogP contribution in [0.2, 0.25) is 0 Å². The van der Waals surface area contributed by atoms with Crippen molar-refractivity contribution in [3.05, 3.63) is 35.1 Å². The first-order valence-electron chi connectivity index (χ1n) is 5.72. The maximum Gasteiger partial charge on any atom is 0.251 e. The molecule has 2 rings (SSSR count). The van der Waals surface area contributed by atoms with E-state index in [1.165, 1.54) is 7.11 Å². The fraction of sp³-hybridized carbons (Fsp3) is 0.417. The van der Waals surface area contributed by atoms with Crippen LogP contribution in [-0.2, 0) is 4.74 Å². The molecule has 0 saturated carbocycles. The van der Waals surface area contributed by atoms with Crippen LogP contribution in [-0.4, -0.2) is 38.3 Å². The molecule has 1 fully saturated rings. The zero-order valence-corrected chi connectivity index (χ0v) is 10.2. The second-order valence-electron chi connectivity index (χ2n) is 4.27. The largest absolute Gasteiger partial charge is 0.378 e. The summed E-state index contributed by atoms with van der Waals surface area (Å²) in [5.41, 5.74) is -0.266. The van der Waals surface area contributed by atoms with E-state index in [-0.39, 0.29) is 17.7 Å². The van der Waals surface area contributed by atoms with Gasteiger partial charge in [0.2, 0.25) is 0 Å². The van der Waals surface area contributed by atoms with Crippen molar-refractivity contribution in [3.63, 3.8) is 0 Å². The number of halogens is 3. The Kier molecular flexibility index (Phi) is 4.06. The van der Waals surface area contributed by atoms with Gasteiger partial charge in [-0.25, -0.2) is 13.2 Å². The monoisotopic (exact) mass is 274 g/mol. The Bertz CT molecular complexity index is 473. The van der Waals surface area contributed by atoms with Gasteiger partial charge in [-0.2, -0.15) is 0 Å². The van der Waals surface area contributed by atoms with Crippen LogP contribution in [0.1, 0.15) is 10.4 Å². The highest BCUT2D eigenvalue weighted by atomic mass is 19.2. The Hall–Kier alpha value is -1.60. The van der Waals surface area contributed by atoms with Crippen molar-refractivity contribution in [2.24, 2.45) is 0 Å². The summed E-state index contributed by atoms with van der Waals surface area (Å²) in [6.45, 7) is 1.07. The van der Waals surface area contributed by atoms with Gasteiger partial charge in [-0.3, -0.25) is 4.79 Å². The number of benzene rings is 1. The number of ether oxygens (including phenoxy) is 1. The van der Waals surface area contributed by atoms with Crippen LogP contribution in [0.4, 0.5) is 13.2 Å². The predicted octanol–water partition coefficient (Wildman–Crippen LogP) is 0.820. The minimum atomic E-state index is -1.59. The van der Waals surface area contributed by atoms with Crippen molar-refractivity contribution >= 4 is 5.91 Å². The summed E-state index contributed by atoms with van der Waals surface area (Å²) >= 11 is 0. The molecule has 104 valence electrons. The Balaban J connectivity index is 2.12. The number of amides is 1. The number of rotatable bonds is 3. The molecule has 7 heteroatoms. The molecule has 4 nitrogen and oxygen atoms in total.